The number of benzene rings is 1. The Labute approximate surface area is 107 Å². The van der Waals surface area contributed by atoms with Crippen LogP contribution in [0.3, 0.4) is 0 Å². The number of nitrogens with one attached hydrogen (secondary N) is 1. The van der Waals surface area contributed by atoms with Crippen molar-refractivity contribution in [2.45, 2.75) is 25.6 Å². The Morgan fingerprint density at radius 3 is 3.06 bits per heavy atom. The molecule has 1 N–H and O–H groups in total. The van der Waals surface area contributed by atoms with Crippen LogP contribution in [-0.4, -0.2) is 22.2 Å². The molecule has 94 valence electrons. The van der Waals surface area contributed by atoms with Crippen molar-refractivity contribution < 1.29 is 4.74 Å². The zero-order chi connectivity index (χ0) is 12.4. The molecule has 1 aliphatic heterocycles. The fraction of sp³-hybridized carbons (Fsp3) is 0.357. The van der Waals surface area contributed by atoms with Crippen LogP contribution in [0, 0.1) is 0 Å². The summed E-state index contributed by atoms with van der Waals surface area (Å²) in [7, 11) is 0. The molecule has 2 atom stereocenters. The van der Waals surface area contributed by atoms with E-state index < -0.39 is 0 Å². The van der Waals surface area contributed by atoms with Gasteiger partial charge in [-0.3, -0.25) is 0 Å². The van der Waals surface area contributed by atoms with Crippen molar-refractivity contribution in [3.63, 3.8) is 0 Å². The van der Waals surface area contributed by atoms with E-state index in [4.69, 9.17) is 4.74 Å². The maximum Gasteiger partial charge on any atom is 0.129 e. The third-order valence-corrected chi connectivity index (χ3v) is 3.28. The Morgan fingerprint density at radius 2 is 2.22 bits per heavy atom. The Bertz CT molecular complexity index is 509. The van der Waals surface area contributed by atoms with Crippen molar-refractivity contribution in [2.24, 2.45) is 0 Å². The number of hydrogen-bond acceptors (Lipinski definition) is 3. The minimum Gasteiger partial charge on any atom is -0.489 e. The van der Waals surface area contributed by atoms with Gasteiger partial charge in [-0.15, -0.1) is 0 Å². The number of ether oxygens (including phenoxy) is 1. The molecular weight excluding hydrogens is 226 g/mol. The van der Waals surface area contributed by atoms with Gasteiger partial charge in [-0.1, -0.05) is 18.2 Å². The fourth-order valence-electron chi connectivity index (χ4n) is 2.38. The molecule has 3 rings (SSSR count). The van der Waals surface area contributed by atoms with Gasteiger partial charge < -0.3 is 14.6 Å². The van der Waals surface area contributed by atoms with Gasteiger partial charge in [0, 0.05) is 25.5 Å². The quantitative estimate of drug-likeness (QED) is 0.896. The maximum atomic E-state index is 5.96. The van der Waals surface area contributed by atoms with Gasteiger partial charge in [0.25, 0.3) is 0 Å². The monoisotopic (exact) mass is 243 g/mol. The molecule has 4 heteroatoms. The van der Waals surface area contributed by atoms with E-state index in [1.54, 1.807) is 0 Å². The Balaban J connectivity index is 1.76. The zero-order valence-electron chi connectivity index (χ0n) is 10.4. The van der Waals surface area contributed by atoms with Gasteiger partial charge in [-0.05, 0) is 19.1 Å². The normalized spacial score (nSPS) is 20.2. The molecule has 18 heavy (non-hydrogen) atoms. The second kappa shape index (κ2) is 4.82. The van der Waals surface area contributed by atoms with E-state index in [1.807, 2.05) is 42.7 Å². The lowest BCUT2D eigenvalue weighted by atomic mass is 10.1. The van der Waals surface area contributed by atoms with E-state index in [0.29, 0.717) is 0 Å². The van der Waals surface area contributed by atoms with Gasteiger partial charge >= 0.3 is 0 Å². The largest absolute Gasteiger partial charge is 0.489 e. The highest BCUT2D eigenvalue weighted by Gasteiger charge is 2.27. The van der Waals surface area contributed by atoms with Crippen molar-refractivity contribution in [3.05, 3.63) is 48.5 Å². The minimum atomic E-state index is 0.0499. The summed E-state index contributed by atoms with van der Waals surface area (Å²) in [5.41, 5.74) is 0. The average Bonchev–Trinajstić information content (AvgIpc) is 2.87. The summed E-state index contributed by atoms with van der Waals surface area (Å²) in [5.74, 6) is 1.96. The molecule has 2 aromatic rings. The van der Waals surface area contributed by atoms with Crippen LogP contribution in [0.25, 0.3) is 0 Å². The molecule has 2 heterocycles. The fourth-order valence-corrected chi connectivity index (χ4v) is 2.38. The Morgan fingerprint density at radius 1 is 1.39 bits per heavy atom. The Kier molecular flexibility index (Phi) is 3.02. The number of aromatic nitrogens is 2. The second-order valence-electron chi connectivity index (χ2n) is 4.55. The van der Waals surface area contributed by atoms with Crippen molar-refractivity contribution in [2.75, 3.05) is 6.54 Å². The van der Waals surface area contributed by atoms with Crippen LogP contribution in [0.2, 0.25) is 0 Å². The third-order valence-electron chi connectivity index (χ3n) is 3.28. The zero-order valence-corrected chi connectivity index (χ0v) is 10.4. The van der Waals surface area contributed by atoms with Crippen LogP contribution in [0.5, 0.6) is 5.75 Å². The number of nitrogens with zero attached hydrogens (tertiary/aromatic N) is 2. The lowest BCUT2D eigenvalue weighted by Gasteiger charge is -2.29. The highest BCUT2D eigenvalue weighted by Crippen LogP contribution is 2.22. The summed E-state index contributed by atoms with van der Waals surface area (Å²) < 4.78 is 8.15. The molecule has 0 radical (unpaired) electrons. The van der Waals surface area contributed by atoms with E-state index in [-0.39, 0.29) is 12.1 Å². The predicted molar refractivity (Wildman–Crippen MR) is 69.5 cm³/mol. The molecule has 0 amide bonds. The third kappa shape index (κ3) is 2.11. The van der Waals surface area contributed by atoms with Crippen LogP contribution in [0.1, 0.15) is 18.8 Å². The molecule has 4 nitrogen and oxygen atoms in total. The van der Waals surface area contributed by atoms with E-state index in [1.165, 1.54) is 0 Å². The Hall–Kier alpha value is -1.81. The van der Waals surface area contributed by atoms with Crippen molar-refractivity contribution in [1.29, 1.82) is 0 Å². The van der Waals surface area contributed by atoms with Crippen molar-refractivity contribution >= 4 is 0 Å². The smallest absolute Gasteiger partial charge is 0.129 e. The summed E-state index contributed by atoms with van der Waals surface area (Å²) in [6.07, 6.45) is 3.93. The summed E-state index contributed by atoms with van der Waals surface area (Å²) in [5, 5.41) is 3.47. The van der Waals surface area contributed by atoms with E-state index >= 15 is 0 Å². The minimum absolute atomic E-state index is 0.0499. The first-order valence-electron chi connectivity index (χ1n) is 6.31. The van der Waals surface area contributed by atoms with Gasteiger partial charge in [0.15, 0.2) is 0 Å². The maximum absolute atomic E-state index is 5.96. The molecule has 0 aliphatic carbocycles. The number of hydrogen-bond donors (Lipinski definition) is 1. The van der Waals surface area contributed by atoms with E-state index in [0.717, 1.165) is 24.7 Å². The molecule has 0 saturated carbocycles. The lowest BCUT2D eigenvalue weighted by molar-refractivity contribution is 0.155. The SMILES string of the molecule is CC(Oc1ccccc1)C1NCCn2ccnc21. The topological polar surface area (TPSA) is 39.1 Å². The molecular formula is C14H17N3O. The van der Waals surface area contributed by atoms with Gasteiger partial charge in [0.2, 0.25) is 0 Å². The summed E-state index contributed by atoms with van der Waals surface area (Å²) >= 11 is 0. The van der Waals surface area contributed by atoms with Gasteiger partial charge in [0.1, 0.15) is 23.7 Å². The number of para-hydroxylation sites is 1. The molecule has 1 aliphatic rings. The van der Waals surface area contributed by atoms with Gasteiger partial charge in [-0.25, -0.2) is 4.98 Å². The van der Waals surface area contributed by atoms with Crippen LogP contribution in [-0.2, 0) is 6.54 Å². The van der Waals surface area contributed by atoms with Crippen molar-refractivity contribution in [3.8, 4) is 5.75 Å². The van der Waals surface area contributed by atoms with E-state index in [2.05, 4.69) is 21.8 Å². The standard InChI is InChI=1S/C14H17N3O/c1-11(18-12-5-3-2-4-6-12)13-14-16-8-10-17(14)9-7-15-13/h2-6,8,10-11,13,15H,7,9H2,1H3. The predicted octanol–water partition coefficient (Wildman–Crippen LogP) is 1.99. The molecule has 1 aromatic heterocycles. The lowest BCUT2D eigenvalue weighted by Crippen LogP contribution is -2.41. The molecule has 0 bridgehead atoms. The molecule has 0 spiro atoms. The van der Waals surface area contributed by atoms with Crippen LogP contribution < -0.4 is 10.1 Å². The van der Waals surface area contributed by atoms with Crippen LogP contribution >= 0.6 is 0 Å². The highest BCUT2D eigenvalue weighted by molar-refractivity contribution is 5.21. The van der Waals surface area contributed by atoms with Crippen LogP contribution in [0.15, 0.2) is 42.7 Å². The first-order chi connectivity index (χ1) is 8.84. The van der Waals surface area contributed by atoms with Gasteiger partial charge in [0.05, 0.1) is 0 Å². The summed E-state index contributed by atoms with van der Waals surface area (Å²) in [6, 6.07) is 10.1. The first-order valence-corrected chi connectivity index (χ1v) is 6.31. The second-order valence-corrected chi connectivity index (χ2v) is 4.55. The van der Waals surface area contributed by atoms with Crippen molar-refractivity contribution in [1.82, 2.24) is 14.9 Å². The van der Waals surface area contributed by atoms with Gasteiger partial charge in [-0.2, -0.15) is 0 Å². The molecule has 2 unspecified atom stereocenters. The van der Waals surface area contributed by atoms with E-state index in [9.17, 15) is 0 Å². The van der Waals surface area contributed by atoms with Crippen LogP contribution in [0.4, 0.5) is 0 Å². The first kappa shape index (κ1) is 11.3. The highest BCUT2D eigenvalue weighted by atomic mass is 16.5. The number of rotatable bonds is 3. The summed E-state index contributed by atoms with van der Waals surface area (Å²) in [4.78, 5) is 4.42. The number of fused-ring (bicyclic) bond motifs is 1. The summed E-state index contributed by atoms with van der Waals surface area (Å²) in [6.45, 7) is 4.01. The molecule has 0 fully saturated rings. The average molecular weight is 243 g/mol. The molecule has 1 aromatic carbocycles. The number of imidazole rings is 1. The molecule has 0 saturated heterocycles.